The van der Waals surface area contributed by atoms with E-state index in [2.05, 4.69) is 77.1 Å². The first-order valence-corrected chi connectivity index (χ1v) is 27.0. The maximum Gasteiger partial charge on any atom is 0.202 e. The highest BCUT2D eigenvalue weighted by Crippen LogP contribution is 2.46. The molecule has 5 aromatic rings. The molecule has 0 atom stereocenters. The Morgan fingerprint density at radius 1 is 0.459 bits per heavy atom. The van der Waals surface area contributed by atoms with Crippen molar-refractivity contribution >= 4 is 42.2 Å². The molecule has 0 amide bonds. The highest BCUT2D eigenvalue weighted by molar-refractivity contribution is 5.77. The van der Waals surface area contributed by atoms with Gasteiger partial charge < -0.3 is 73.3 Å². The Morgan fingerprint density at radius 2 is 0.918 bits per heavy atom. The van der Waals surface area contributed by atoms with Crippen molar-refractivity contribution in [2.24, 2.45) is 0 Å². The van der Waals surface area contributed by atoms with E-state index in [1.54, 1.807) is 50.7 Å². The van der Waals surface area contributed by atoms with Gasteiger partial charge in [0.25, 0.3) is 0 Å². The summed E-state index contributed by atoms with van der Waals surface area (Å²) in [6, 6.07) is 15.2. The van der Waals surface area contributed by atoms with E-state index in [1.165, 1.54) is 11.1 Å². The van der Waals surface area contributed by atoms with E-state index >= 15 is 0 Å². The zero-order chi connectivity index (χ0) is 61.5. The third-order valence-corrected chi connectivity index (χ3v) is 13.5. The van der Waals surface area contributed by atoms with Crippen LogP contribution in [0.3, 0.4) is 0 Å². The van der Waals surface area contributed by atoms with Crippen LogP contribution in [0.15, 0.2) is 164 Å². The predicted octanol–water partition coefficient (Wildman–Crippen LogP) is 14.5. The highest BCUT2D eigenvalue weighted by Gasteiger charge is 2.30. The van der Waals surface area contributed by atoms with Gasteiger partial charge in [-0.2, -0.15) is 0 Å². The molecule has 0 bridgehead atoms. The van der Waals surface area contributed by atoms with Crippen LogP contribution in [0.4, 0.5) is 0 Å². The van der Waals surface area contributed by atoms with Crippen LogP contribution in [0.5, 0.6) is 63.2 Å². The number of ether oxygens (including phenoxy) is 9. The van der Waals surface area contributed by atoms with Crippen molar-refractivity contribution in [1.82, 2.24) is 0 Å². The number of phenolic OH excluding ortho intramolecular Hbond substituents is 1. The van der Waals surface area contributed by atoms with Gasteiger partial charge in [-0.25, -0.2) is 0 Å². The van der Waals surface area contributed by atoms with E-state index in [1.807, 2.05) is 94.5 Å². The molecular weight excluding hydrogens is 1080 g/mol. The number of aliphatic hydroxyl groups excluding tert-OH is 3. The van der Waals surface area contributed by atoms with Crippen LogP contribution in [-0.4, -0.2) is 56.1 Å². The number of allylic oxidation sites excluding steroid dienone is 7. The number of rotatable bonds is 7. The lowest BCUT2D eigenvalue weighted by Crippen LogP contribution is -2.29. The van der Waals surface area contributed by atoms with Gasteiger partial charge in [0, 0.05) is 68.8 Å². The standard InChI is InChI=1S/C16H16O3.C16H18O2.C15H14O2.C12H12O4.C11H10O4/c1-10-5-6-11-7-12-14(8-13(11)18-10)19-16(2,3)9-15(12)17-4;1-11(2)5-7-13-9-14-8-6-12(3)18-16(14)10-15(13)17-4;1-10-4-5-11-8-12-6-7-15(2,3)17-14(12)9-13(11)16-10;1-7-2-3-8-4-9(5-13)10(6-14)11(15)12(8)16-7;1-6-2-3-7-4-8(5-12)9(13)10(14)11(7)15-6/h5-9H,1H2,2-4H3;5-6,8-10H,3,7H2,1-2,4H3;4-9H,1H2,2-3H3;2-4,13-15H,1,5-6H2;2-4,12-14H,1,5H2. The quantitative estimate of drug-likeness (QED) is 0.0663. The largest absolute Gasteiger partial charge is 0.504 e. The van der Waals surface area contributed by atoms with Crippen molar-refractivity contribution in [3.8, 4) is 63.2 Å². The van der Waals surface area contributed by atoms with Crippen LogP contribution < -0.4 is 37.9 Å². The second kappa shape index (κ2) is 25.8. The number of aromatic hydroxyl groups is 3. The van der Waals surface area contributed by atoms with Crippen molar-refractivity contribution < 1.29 is 73.3 Å². The summed E-state index contributed by atoms with van der Waals surface area (Å²) in [5.74, 6) is 7.99. The predicted molar refractivity (Wildman–Crippen MR) is 332 cm³/mol. The molecule has 15 heteroatoms. The first kappa shape index (κ1) is 61.3. The maximum absolute atomic E-state index is 9.89. The molecule has 7 heterocycles. The number of phenols is 3. The minimum Gasteiger partial charge on any atom is -0.504 e. The molecule has 0 saturated heterocycles. The molecule has 5 aromatic carbocycles. The molecule has 0 fully saturated rings. The SMILES string of the molecule is C=C1C=Cc2cc(CC=C(C)C)c(OC)cc2O1.C=C1C=Cc2cc(CO)c(CO)c(O)c2O1.C=C1C=Cc2cc(CO)c(O)c(O)c2O1.C=C1C=Cc2cc3c(cc2O1)OC(C)(C)C=C3.C=C1C=Cc2cc3c(cc2O1)OC(C)(C)C=C3OC. The van der Waals surface area contributed by atoms with Crippen LogP contribution in [0.25, 0.3) is 42.2 Å². The number of aliphatic hydroxyl groups is 3. The van der Waals surface area contributed by atoms with E-state index in [9.17, 15) is 15.3 Å². The van der Waals surface area contributed by atoms with Gasteiger partial charge in [-0.05, 0) is 156 Å². The fraction of sp³-hybridized carbons (Fsp3) is 0.200. The van der Waals surface area contributed by atoms with Gasteiger partial charge in [0.15, 0.2) is 23.0 Å². The monoisotopic (exact) mass is 1150 g/mol. The van der Waals surface area contributed by atoms with E-state index in [0.29, 0.717) is 45.5 Å². The zero-order valence-corrected chi connectivity index (χ0v) is 48.9. The Labute approximate surface area is 495 Å². The first-order valence-electron chi connectivity index (χ1n) is 27.0. The average Bonchev–Trinajstić information content (AvgIpc) is 2.98. The Kier molecular flexibility index (Phi) is 18.6. The van der Waals surface area contributed by atoms with Crippen molar-refractivity contribution in [1.29, 1.82) is 0 Å². The molecule has 12 rings (SSSR count). The minimum atomic E-state index is -0.395. The lowest BCUT2D eigenvalue weighted by Gasteiger charge is -2.31. The van der Waals surface area contributed by atoms with Gasteiger partial charge in [-0.1, -0.05) is 50.6 Å². The fourth-order valence-corrected chi connectivity index (χ4v) is 9.25. The van der Waals surface area contributed by atoms with Crippen LogP contribution >= 0.6 is 0 Å². The molecule has 0 saturated carbocycles. The summed E-state index contributed by atoms with van der Waals surface area (Å²) in [4.78, 5) is 0. The smallest absolute Gasteiger partial charge is 0.202 e. The molecule has 0 aliphatic carbocycles. The summed E-state index contributed by atoms with van der Waals surface area (Å²) in [5, 5.41) is 56.2. The lowest BCUT2D eigenvalue weighted by atomic mass is 9.98. The van der Waals surface area contributed by atoms with Crippen molar-refractivity contribution in [3.05, 3.63) is 226 Å². The Balaban J connectivity index is 0.000000139. The van der Waals surface area contributed by atoms with E-state index in [4.69, 9.17) is 58.0 Å². The topological polar surface area (TPSA) is 204 Å². The summed E-state index contributed by atoms with van der Waals surface area (Å²) in [6.45, 7) is 29.9. The van der Waals surface area contributed by atoms with E-state index in [0.717, 1.165) is 74.5 Å². The molecule has 440 valence electrons. The number of benzene rings is 5. The van der Waals surface area contributed by atoms with Gasteiger partial charge in [0.1, 0.15) is 80.3 Å². The normalized spacial score (nSPS) is 15.6. The van der Waals surface area contributed by atoms with Gasteiger partial charge in [-0.3, -0.25) is 0 Å². The highest BCUT2D eigenvalue weighted by atomic mass is 16.5. The second-order valence-electron chi connectivity index (χ2n) is 21.4. The number of hydrogen-bond donors (Lipinski definition) is 6. The third-order valence-electron chi connectivity index (χ3n) is 13.5. The molecule has 0 unspecified atom stereocenters. The summed E-state index contributed by atoms with van der Waals surface area (Å²) >= 11 is 0. The molecular formula is C70H70O15. The Bertz CT molecular complexity index is 3790. The third kappa shape index (κ3) is 14.5. The van der Waals surface area contributed by atoms with Crippen molar-refractivity contribution in [2.75, 3.05) is 14.2 Å². The van der Waals surface area contributed by atoms with Crippen LogP contribution in [0, 0.1) is 0 Å². The van der Waals surface area contributed by atoms with Crippen molar-refractivity contribution in [2.45, 2.75) is 79.0 Å². The minimum absolute atomic E-state index is 0.144. The fourth-order valence-electron chi connectivity index (χ4n) is 9.25. The second-order valence-corrected chi connectivity index (χ2v) is 21.4. The Morgan fingerprint density at radius 3 is 1.45 bits per heavy atom. The number of methoxy groups -OCH3 is 2. The van der Waals surface area contributed by atoms with E-state index in [-0.39, 0.29) is 65.3 Å². The molecule has 0 radical (unpaired) electrons. The summed E-state index contributed by atoms with van der Waals surface area (Å²) in [7, 11) is 3.35. The molecule has 0 spiro atoms. The van der Waals surface area contributed by atoms with Gasteiger partial charge in [0.2, 0.25) is 5.75 Å². The molecule has 7 aliphatic heterocycles. The molecule has 15 nitrogen and oxygen atoms in total. The first-order chi connectivity index (χ1) is 40.4. The number of fused-ring (bicyclic) bond motifs is 7. The Hall–Kier alpha value is -9.80. The summed E-state index contributed by atoms with van der Waals surface area (Å²) in [6.07, 6.45) is 27.5. The summed E-state index contributed by atoms with van der Waals surface area (Å²) in [5.41, 5.74) is 9.25. The van der Waals surface area contributed by atoms with Crippen LogP contribution in [0.2, 0.25) is 0 Å². The summed E-state index contributed by atoms with van der Waals surface area (Å²) < 4.78 is 50.0. The lowest BCUT2D eigenvalue weighted by molar-refractivity contribution is 0.151. The molecule has 7 aliphatic rings. The van der Waals surface area contributed by atoms with Gasteiger partial charge in [-0.15, -0.1) is 0 Å². The maximum atomic E-state index is 9.89. The molecule has 0 aromatic heterocycles. The van der Waals surface area contributed by atoms with E-state index < -0.39 is 5.60 Å². The molecule has 85 heavy (non-hydrogen) atoms. The average molecular weight is 1150 g/mol. The van der Waals surface area contributed by atoms with Crippen LogP contribution in [0.1, 0.15) is 103 Å². The van der Waals surface area contributed by atoms with Crippen LogP contribution in [-0.2, 0) is 31.0 Å². The van der Waals surface area contributed by atoms with Gasteiger partial charge >= 0.3 is 0 Å². The zero-order valence-electron chi connectivity index (χ0n) is 48.9. The van der Waals surface area contributed by atoms with Crippen molar-refractivity contribution in [3.63, 3.8) is 0 Å². The number of hydrogen-bond acceptors (Lipinski definition) is 15. The van der Waals surface area contributed by atoms with Gasteiger partial charge in [0.05, 0.1) is 39.6 Å². The molecule has 6 N–H and O–H groups in total.